The third-order valence-electron chi connectivity index (χ3n) is 2.09. The van der Waals surface area contributed by atoms with Crippen LogP contribution in [-0.4, -0.2) is 34.9 Å². The van der Waals surface area contributed by atoms with Crippen LogP contribution in [0.1, 0.15) is 27.2 Å². The normalized spacial score (nSPS) is 15.8. The van der Waals surface area contributed by atoms with Gasteiger partial charge in [0.25, 0.3) is 0 Å². The molecule has 0 aliphatic carbocycles. The Bertz CT molecular complexity index is 159. The van der Waals surface area contributed by atoms with Crippen LogP contribution in [0.4, 0.5) is 0 Å². The third kappa shape index (κ3) is 6.54. The maximum atomic E-state index is 10.2. The molecule has 0 saturated heterocycles. The van der Waals surface area contributed by atoms with E-state index in [2.05, 4.69) is 19.2 Å². The highest BCUT2D eigenvalue weighted by Gasteiger charge is 2.12. The van der Waals surface area contributed by atoms with Crippen molar-refractivity contribution in [2.24, 2.45) is 5.92 Å². The maximum absolute atomic E-state index is 10.2. The van der Waals surface area contributed by atoms with E-state index < -0.39 is 12.1 Å². The lowest BCUT2D eigenvalue weighted by molar-refractivity contribution is -0.139. The second-order valence-electron chi connectivity index (χ2n) is 3.69. The summed E-state index contributed by atoms with van der Waals surface area (Å²) in [7, 11) is 0. The van der Waals surface area contributed by atoms with Crippen molar-refractivity contribution in [1.82, 2.24) is 5.32 Å². The van der Waals surface area contributed by atoms with Crippen LogP contribution in [0.5, 0.6) is 0 Å². The number of aliphatic hydroxyl groups excluding tert-OH is 1. The van der Waals surface area contributed by atoms with Crippen molar-refractivity contribution < 1.29 is 15.0 Å². The number of aliphatic carboxylic acids is 1. The van der Waals surface area contributed by atoms with Crippen molar-refractivity contribution in [3.05, 3.63) is 0 Å². The molecule has 13 heavy (non-hydrogen) atoms. The molecule has 0 saturated carbocycles. The first-order valence-corrected chi connectivity index (χ1v) is 4.56. The molecule has 2 unspecified atom stereocenters. The molecule has 4 nitrogen and oxygen atoms in total. The van der Waals surface area contributed by atoms with Crippen LogP contribution >= 0.6 is 0 Å². The molecule has 0 aliphatic rings. The lowest BCUT2D eigenvalue weighted by Gasteiger charge is -2.19. The number of hydrogen-bond donors (Lipinski definition) is 3. The predicted octanol–water partition coefficient (Wildman–Crippen LogP) is 0.456. The van der Waals surface area contributed by atoms with E-state index in [-0.39, 0.29) is 6.42 Å². The van der Waals surface area contributed by atoms with Crippen molar-refractivity contribution in [2.45, 2.75) is 39.3 Å². The number of carboxylic acids is 1. The molecule has 0 aromatic heterocycles. The van der Waals surface area contributed by atoms with Crippen LogP contribution < -0.4 is 5.32 Å². The molecule has 4 heteroatoms. The standard InChI is InChI=1S/C9H19NO3/c1-6(2)7(3)10-5-8(11)4-9(12)13/h6-8,10-11H,4-5H2,1-3H3,(H,12,13). The van der Waals surface area contributed by atoms with E-state index in [1.807, 2.05) is 6.92 Å². The topological polar surface area (TPSA) is 69.6 Å². The lowest BCUT2D eigenvalue weighted by atomic mass is 10.1. The molecule has 0 aliphatic heterocycles. The highest BCUT2D eigenvalue weighted by Crippen LogP contribution is 2.00. The Morgan fingerprint density at radius 2 is 1.92 bits per heavy atom. The van der Waals surface area contributed by atoms with Gasteiger partial charge in [0.1, 0.15) is 0 Å². The molecule has 0 rings (SSSR count). The monoisotopic (exact) mass is 189 g/mol. The smallest absolute Gasteiger partial charge is 0.306 e. The predicted molar refractivity (Wildman–Crippen MR) is 50.6 cm³/mol. The largest absolute Gasteiger partial charge is 0.481 e. The van der Waals surface area contributed by atoms with Crippen molar-refractivity contribution >= 4 is 5.97 Å². The molecular formula is C9H19NO3. The summed E-state index contributed by atoms with van der Waals surface area (Å²) in [6, 6.07) is 0.295. The van der Waals surface area contributed by atoms with Crippen molar-refractivity contribution in [1.29, 1.82) is 0 Å². The van der Waals surface area contributed by atoms with E-state index in [9.17, 15) is 9.90 Å². The van der Waals surface area contributed by atoms with Crippen molar-refractivity contribution in [3.8, 4) is 0 Å². The molecule has 3 N–H and O–H groups in total. The van der Waals surface area contributed by atoms with Gasteiger partial charge in [0.05, 0.1) is 12.5 Å². The van der Waals surface area contributed by atoms with Crippen LogP contribution in [0.25, 0.3) is 0 Å². The van der Waals surface area contributed by atoms with Crippen molar-refractivity contribution in [2.75, 3.05) is 6.54 Å². The number of carbonyl (C=O) groups is 1. The van der Waals surface area contributed by atoms with Gasteiger partial charge in [-0.1, -0.05) is 13.8 Å². The fourth-order valence-corrected chi connectivity index (χ4v) is 0.831. The molecule has 0 spiro atoms. The van der Waals surface area contributed by atoms with Crippen LogP contribution in [0.3, 0.4) is 0 Å². The van der Waals surface area contributed by atoms with E-state index in [1.54, 1.807) is 0 Å². The van der Waals surface area contributed by atoms with Gasteiger partial charge >= 0.3 is 5.97 Å². The highest BCUT2D eigenvalue weighted by atomic mass is 16.4. The van der Waals surface area contributed by atoms with Gasteiger partial charge in [-0.2, -0.15) is 0 Å². The van der Waals surface area contributed by atoms with E-state index in [1.165, 1.54) is 0 Å². The van der Waals surface area contributed by atoms with Gasteiger partial charge in [-0.3, -0.25) is 4.79 Å². The second-order valence-corrected chi connectivity index (χ2v) is 3.69. The Labute approximate surface area is 79.0 Å². The second kappa shape index (κ2) is 5.94. The first kappa shape index (κ1) is 12.4. The van der Waals surface area contributed by atoms with Gasteiger partial charge in [-0.15, -0.1) is 0 Å². The molecule has 78 valence electrons. The molecule has 0 heterocycles. The summed E-state index contributed by atoms with van der Waals surface area (Å²) in [6.07, 6.45) is -0.989. The summed E-state index contributed by atoms with van der Waals surface area (Å²) < 4.78 is 0. The Morgan fingerprint density at radius 3 is 2.31 bits per heavy atom. The van der Waals surface area contributed by atoms with Crippen LogP contribution in [0.15, 0.2) is 0 Å². The van der Waals surface area contributed by atoms with Crippen LogP contribution in [0.2, 0.25) is 0 Å². The summed E-state index contributed by atoms with van der Waals surface area (Å²) in [4.78, 5) is 10.2. The average Bonchev–Trinajstić information content (AvgIpc) is 1.98. The molecule has 0 fully saturated rings. The van der Waals surface area contributed by atoms with E-state index in [4.69, 9.17) is 5.11 Å². The first-order chi connectivity index (χ1) is 5.93. The SMILES string of the molecule is CC(C)C(C)NCC(O)CC(=O)O. The molecule has 2 atom stereocenters. The molecule has 0 aromatic rings. The molecule has 0 amide bonds. The zero-order valence-electron chi connectivity index (χ0n) is 8.45. The van der Waals surface area contributed by atoms with Gasteiger partial charge in [-0.25, -0.2) is 0 Å². The molecule has 0 bridgehead atoms. The first-order valence-electron chi connectivity index (χ1n) is 4.56. The number of hydrogen-bond acceptors (Lipinski definition) is 3. The minimum Gasteiger partial charge on any atom is -0.481 e. The Hall–Kier alpha value is -0.610. The fraction of sp³-hybridized carbons (Fsp3) is 0.889. The number of rotatable bonds is 6. The molecular weight excluding hydrogens is 170 g/mol. The number of aliphatic hydroxyl groups is 1. The lowest BCUT2D eigenvalue weighted by Crippen LogP contribution is -2.37. The third-order valence-corrected chi connectivity index (χ3v) is 2.09. The van der Waals surface area contributed by atoms with E-state index in [0.717, 1.165) is 0 Å². The Balaban J connectivity index is 3.57. The number of nitrogens with one attached hydrogen (secondary N) is 1. The van der Waals surface area contributed by atoms with Gasteiger partial charge in [-0.05, 0) is 12.8 Å². The molecule has 0 radical (unpaired) electrons. The Kier molecular flexibility index (Phi) is 5.66. The van der Waals surface area contributed by atoms with Gasteiger partial charge in [0.2, 0.25) is 0 Å². The fourth-order valence-electron chi connectivity index (χ4n) is 0.831. The summed E-state index contributed by atoms with van der Waals surface area (Å²) in [6.45, 7) is 6.49. The quantitative estimate of drug-likeness (QED) is 0.567. The van der Waals surface area contributed by atoms with E-state index in [0.29, 0.717) is 18.5 Å². The van der Waals surface area contributed by atoms with E-state index >= 15 is 0 Å². The zero-order valence-corrected chi connectivity index (χ0v) is 8.45. The summed E-state index contributed by atoms with van der Waals surface area (Å²) in [5, 5.41) is 20.7. The average molecular weight is 189 g/mol. The van der Waals surface area contributed by atoms with Crippen molar-refractivity contribution in [3.63, 3.8) is 0 Å². The number of carboxylic acid groups (broad SMARTS) is 1. The minimum atomic E-state index is -0.966. The highest BCUT2D eigenvalue weighted by molar-refractivity contribution is 5.67. The van der Waals surface area contributed by atoms with Gasteiger partial charge < -0.3 is 15.5 Å². The van der Waals surface area contributed by atoms with Crippen LogP contribution in [0, 0.1) is 5.92 Å². The van der Waals surface area contributed by atoms with Crippen LogP contribution in [-0.2, 0) is 4.79 Å². The summed E-state index contributed by atoms with van der Waals surface area (Å²) in [5.74, 6) is -0.483. The zero-order chi connectivity index (χ0) is 10.4. The minimum absolute atomic E-state index is 0.197. The maximum Gasteiger partial charge on any atom is 0.306 e. The molecule has 0 aromatic carbocycles. The van der Waals surface area contributed by atoms with Gasteiger partial charge in [0.15, 0.2) is 0 Å². The summed E-state index contributed by atoms with van der Waals surface area (Å²) in [5.41, 5.74) is 0. The van der Waals surface area contributed by atoms with Gasteiger partial charge in [0, 0.05) is 12.6 Å². The Morgan fingerprint density at radius 1 is 1.38 bits per heavy atom. The summed E-state index contributed by atoms with van der Waals surface area (Å²) >= 11 is 0.